The van der Waals surface area contributed by atoms with Crippen molar-refractivity contribution in [3.63, 3.8) is 0 Å². The average Bonchev–Trinajstić information content (AvgIpc) is 2.56. The lowest BCUT2D eigenvalue weighted by Crippen LogP contribution is -2.33. The summed E-state index contributed by atoms with van der Waals surface area (Å²) in [6.45, 7) is 3.83. The minimum atomic E-state index is -0.756. The van der Waals surface area contributed by atoms with Crippen LogP contribution in [0.2, 0.25) is 0 Å². The molecule has 0 aliphatic carbocycles. The molecule has 0 fully saturated rings. The molecule has 0 aromatic heterocycles. The SMILES string of the molecule is COC(=O)COC(=O)C1=C(C)NC(C)=C(C(=O)OCC(=O)OC)C1C. The van der Waals surface area contributed by atoms with Gasteiger partial charge in [0.05, 0.1) is 25.4 Å². The molecule has 0 radical (unpaired) electrons. The topological polar surface area (TPSA) is 117 Å². The van der Waals surface area contributed by atoms with Crippen molar-refractivity contribution in [3.05, 3.63) is 22.5 Å². The van der Waals surface area contributed by atoms with Gasteiger partial charge in [-0.25, -0.2) is 19.2 Å². The Bertz CT molecular complexity index is 593. The van der Waals surface area contributed by atoms with Crippen LogP contribution in [-0.2, 0) is 38.1 Å². The lowest BCUT2D eigenvalue weighted by atomic mass is 9.87. The summed E-state index contributed by atoms with van der Waals surface area (Å²) in [5, 5.41) is 2.90. The fourth-order valence-electron chi connectivity index (χ4n) is 2.39. The normalized spacial score (nSPS) is 14.6. The molecular formula is C16H21NO8. The maximum atomic E-state index is 12.2. The van der Waals surface area contributed by atoms with Crippen LogP contribution in [0.15, 0.2) is 22.5 Å². The summed E-state index contributed by atoms with van der Waals surface area (Å²) in [5.41, 5.74) is 1.34. The number of carbonyl (C=O) groups is 4. The van der Waals surface area contributed by atoms with E-state index in [-0.39, 0.29) is 11.1 Å². The quantitative estimate of drug-likeness (QED) is 0.527. The molecule has 9 heteroatoms. The maximum Gasteiger partial charge on any atom is 0.344 e. The van der Waals surface area contributed by atoms with Crippen molar-refractivity contribution < 1.29 is 38.1 Å². The van der Waals surface area contributed by atoms with E-state index in [1.54, 1.807) is 20.8 Å². The zero-order valence-electron chi connectivity index (χ0n) is 14.8. The Kier molecular flexibility index (Phi) is 7.16. The first-order chi connectivity index (χ1) is 11.7. The molecule has 25 heavy (non-hydrogen) atoms. The molecule has 1 rings (SSSR count). The smallest absolute Gasteiger partial charge is 0.344 e. The van der Waals surface area contributed by atoms with Crippen molar-refractivity contribution in [1.82, 2.24) is 5.32 Å². The lowest BCUT2D eigenvalue weighted by Gasteiger charge is -2.27. The molecule has 1 aliphatic rings. The second-order valence-electron chi connectivity index (χ2n) is 5.23. The Labute approximate surface area is 144 Å². The fourth-order valence-corrected chi connectivity index (χ4v) is 2.39. The molecule has 0 atom stereocenters. The number of esters is 4. The van der Waals surface area contributed by atoms with Crippen LogP contribution in [0, 0.1) is 5.92 Å². The van der Waals surface area contributed by atoms with E-state index in [0.717, 1.165) is 0 Å². The second kappa shape index (κ2) is 8.86. The van der Waals surface area contributed by atoms with Crippen LogP contribution >= 0.6 is 0 Å². The molecule has 0 spiro atoms. The number of methoxy groups -OCH3 is 2. The summed E-state index contributed by atoms with van der Waals surface area (Å²) >= 11 is 0. The number of hydrogen-bond acceptors (Lipinski definition) is 9. The van der Waals surface area contributed by atoms with Gasteiger partial charge in [-0.2, -0.15) is 0 Å². The van der Waals surface area contributed by atoms with Crippen LogP contribution in [0.3, 0.4) is 0 Å². The molecule has 0 saturated carbocycles. The zero-order valence-corrected chi connectivity index (χ0v) is 14.8. The summed E-state index contributed by atoms with van der Waals surface area (Å²) in [6, 6.07) is 0. The van der Waals surface area contributed by atoms with Gasteiger partial charge in [-0.1, -0.05) is 6.92 Å². The van der Waals surface area contributed by atoms with E-state index in [1.165, 1.54) is 14.2 Å². The first-order valence-corrected chi connectivity index (χ1v) is 7.39. The fraction of sp³-hybridized carbons (Fsp3) is 0.500. The van der Waals surface area contributed by atoms with E-state index in [9.17, 15) is 19.2 Å². The largest absolute Gasteiger partial charge is 0.466 e. The third kappa shape index (κ3) is 5.07. The number of carbonyl (C=O) groups excluding carboxylic acids is 4. The van der Waals surface area contributed by atoms with Gasteiger partial charge in [-0.3, -0.25) is 0 Å². The van der Waals surface area contributed by atoms with Gasteiger partial charge in [0.25, 0.3) is 0 Å². The predicted octanol–water partition coefficient (Wildman–Crippen LogP) is 0.206. The Balaban J connectivity index is 2.91. The number of ether oxygens (including phenoxy) is 4. The van der Waals surface area contributed by atoms with E-state index in [0.29, 0.717) is 11.4 Å². The van der Waals surface area contributed by atoms with Gasteiger partial charge in [-0.05, 0) is 13.8 Å². The van der Waals surface area contributed by atoms with E-state index >= 15 is 0 Å². The Morgan fingerprint density at radius 1 is 0.840 bits per heavy atom. The van der Waals surface area contributed by atoms with Gasteiger partial charge in [-0.15, -0.1) is 0 Å². The highest BCUT2D eigenvalue weighted by Crippen LogP contribution is 2.30. The summed E-state index contributed by atoms with van der Waals surface area (Å²) in [4.78, 5) is 46.7. The first-order valence-electron chi connectivity index (χ1n) is 7.39. The van der Waals surface area contributed by atoms with Gasteiger partial charge >= 0.3 is 23.9 Å². The van der Waals surface area contributed by atoms with Crippen LogP contribution in [-0.4, -0.2) is 51.3 Å². The number of dihydropyridines is 1. The molecule has 138 valence electrons. The predicted molar refractivity (Wildman–Crippen MR) is 83.6 cm³/mol. The van der Waals surface area contributed by atoms with E-state index in [2.05, 4.69) is 14.8 Å². The van der Waals surface area contributed by atoms with Crippen molar-refractivity contribution in [3.8, 4) is 0 Å². The molecule has 9 nitrogen and oxygen atoms in total. The highest BCUT2D eigenvalue weighted by Gasteiger charge is 2.34. The van der Waals surface area contributed by atoms with Crippen molar-refractivity contribution in [1.29, 1.82) is 0 Å². The van der Waals surface area contributed by atoms with Crippen LogP contribution in [0.5, 0.6) is 0 Å². The number of rotatable bonds is 6. The molecule has 1 N–H and O–H groups in total. The molecule has 0 unspecified atom stereocenters. The standard InChI is InChI=1S/C16H21NO8/c1-8-13(15(20)24-6-11(18)22-4)9(2)17-10(3)14(8)16(21)25-7-12(19)23-5/h8,17H,6-7H2,1-5H3. The molecular weight excluding hydrogens is 334 g/mol. The Morgan fingerprint density at radius 2 is 1.20 bits per heavy atom. The summed E-state index contributed by atoms with van der Waals surface area (Å²) < 4.78 is 18.6. The number of nitrogens with one attached hydrogen (secondary N) is 1. The monoisotopic (exact) mass is 355 g/mol. The van der Waals surface area contributed by atoms with Gasteiger partial charge in [0.1, 0.15) is 0 Å². The highest BCUT2D eigenvalue weighted by molar-refractivity contribution is 5.98. The summed E-state index contributed by atoms with van der Waals surface area (Å²) in [7, 11) is 2.35. The lowest BCUT2D eigenvalue weighted by molar-refractivity contribution is -0.155. The van der Waals surface area contributed by atoms with Crippen LogP contribution < -0.4 is 5.32 Å². The van der Waals surface area contributed by atoms with Crippen molar-refractivity contribution in [2.75, 3.05) is 27.4 Å². The van der Waals surface area contributed by atoms with Crippen molar-refractivity contribution >= 4 is 23.9 Å². The third-order valence-electron chi connectivity index (χ3n) is 3.59. The van der Waals surface area contributed by atoms with Crippen molar-refractivity contribution in [2.24, 2.45) is 5.92 Å². The summed E-state index contributed by atoms with van der Waals surface area (Å²) in [5.74, 6) is -3.57. The Morgan fingerprint density at radius 3 is 1.52 bits per heavy atom. The molecule has 1 heterocycles. The number of hydrogen-bond donors (Lipinski definition) is 1. The first kappa shape index (κ1) is 20.2. The van der Waals surface area contributed by atoms with Gasteiger partial charge < -0.3 is 24.3 Å². The molecule has 0 bridgehead atoms. The van der Waals surface area contributed by atoms with Crippen LogP contribution in [0.4, 0.5) is 0 Å². The molecule has 0 aromatic carbocycles. The highest BCUT2D eigenvalue weighted by atomic mass is 16.6. The van der Waals surface area contributed by atoms with Crippen molar-refractivity contribution in [2.45, 2.75) is 20.8 Å². The van der Waals surface area contributed by atoms with E-state index in [4.69, 9.17) is 9.47 Å². The minimum absolute atomic E-state index is 0.180. The number of allylic oxidation sites excluding steroid dienone is 2. The van der Waals surface area contributed by atoms with Gasteiger partial charge in [0, 0.05) is 17.3 Å². The summed E-state index contributed by atoms with van der Waals surface area (Å²) in [6.07, 6.45) is 0. The molecule has 1 aliphatic heterocycles. The second-order valence-corrected chi connectivity index (χ2v) is 5.23. The molecule has 0 amide bonds. The third-order valence-corrected chi connectivity index (χ3v) is 3.59. The van der Waals surface area contributed by atoms with Crippen LogP contribution in [0.25, 0.3) is 0 Å². The molecule has 0 aromatic rings. The van der Waals surface area contributed by atoms with E-state index < -0.39 is 43.0 Å². The zero-order chi connectivity index (χ0) is 19.1. The van der Waals surface area contributed by atoms with Crippen LogP contribution in [0.1, 0.15) is 20.8 Å². The maximum absolute atomic E-state index is 12.2. The van der Waals surface area contributed by atoms with E-state index in [1.807, 2.05) is 0 Å². The van der Waals surface area contributed by atoms with Gasteiger partial charge in [0.2, 0.25) is 0 Å². The van der Waals surface area contributed by atoms with Gasteiger partial charge in [0.15, 0.2) is 13.2 Å². The Hall–Kier alpha value is -2.84. The molecule has 0 saturated heterocycles. The average molecular weight is 355 g/mol. The minimum Gasteiger partial charge on any atom is -0.466 e.